The number of pyridine rings is 1. The third-order valence-corrected chi connectivity index (χ3v) is 9.67. The van der Waals surface area contributed by atoms with Gasteiger partial charge in [0.05, 0.1) is 23.6 Å². The Morgan fingerprint density at radius 2 is 1.77 bits per heavy atom. The van der Waals surface area contributed by atoms with Crippen molar-refractivity contribution in [1.29, 1.82) is 0 Å². The molecule has 0 amide bonds. The maximum absolute atomic E-state index is 16.6. The van der Waals surface area contributed by atoms with Crippen LogP contribution in [-0.4, -0.2) is 85.7 Å². The molecule has 286 valence electrons. The van der Waals surface area contributed by atoms with Crippen molar-refractivity contribution in [3.63, 3.8) is 0 Å². The van der Waals surface area contributed by atoms with E-state index in [1.807, 2.05) is 18.7 Å². The van der Waals surface area contributed by atoms with Crippen LogP contribution in [0.1, 0.15) is 53.5 Å². The van der Waals surface area contributed by atoms with E-state index >= 15 is 8.78 Å². The molecule has 17 heteroatoms. The summed E-state index contributed by atoms with van der Waals surface area (Å²) in [5.41, 5.74) is -3.45. The van der Waals surface area contributed by atoms with E-state index in [-0.39, 0.29) is 53.5 Å². The molecule has 11 nitrogen and oxygen atoms in total. The standard InChI is InChI=1S/C36H43F5N8O3S/c1-23(2)47-16-10-17-48(20-33(3,4)32(50)51)27-13-9-14-29(44-27)53-46-26-19-42-31(30(43-26)24-11-7-8-12-25(24)35(37,38)21-47)49-18-15-28(45-49)52-22-34(5,6)36(39,40)41/h7-9,11-15,18-19,23H,10,16-17,20-22H2,1-6H3,(H,43,46)(H,50,51). The number of ether oxygens (including phenoxy) is 1. The number of nitrogens with one attached hydrogen (secondary N) is 1. The van der Waals surface area contributed by atoms with Crippen molar-refractivity contribution in [2.75, 3.05) is 42.4 Å². The van der Waals surface area contributed by atoms with E-state index in [4.69, 9.17) is 14.7 Å². The molecular weight excluding hydrogens is 720 g/mol. The number of carboxylic acid groups (broad SMARTS) is 1. The molecule has 53 heavy (non-hydrogen) atoms. The Bertz CT molecular complexity index is 1900. The van der Waals surface area contributed by atoms with E-state index in [2.05, 4.69) is 14.8 Å². The van der Waals surface area contributed by atoms with Crippen LogP contribution in [0.2, 0.25) is 0 Å². The zero-order valence-corrected chi connectivity index (χ0v) is 31.1. The molecule has 0 atom stereocenters. The number of halogens is 5. The van der Waals surface area contributed by atoms with Crippen molar-refractivity contribution in [3.8, 4) is 23.0 Å². The molecule has 5 rings (SSSR count). The molecule has 1 aliphatic rings. The van der Waals surface area contributed by atoms with Gasteiger partial charge in [-0.25, -0.2) is 19.6 Å². The van der Waals surface area contributed by atoms with Gasteiger partial charge >= 0.3 is 12.1 Å². The van der Waals surface area contributed by atoms with Crippen LogP contribution < -0.4 is 14.4 Å². The van der Waals surface area contributed by atoms with Crippen molar-refractivity contribution in [3.05, 3.63) is 66.5 Å². The monoisotopic (exact) mass is 762 g/mol. The molecule has 4 heterocycles. The molecule has 4 aromatic rings. The average molecular weight is 763 g/mol. The molecule has 0 aliphatic carbocycles. The molecule has 0 saturated carbocycles. The first kappa shape index (κ1) is 39.7. The number of carbonyl (C=O) groups is 1. The van der Waals surface area contributed by atoms with Crippen LogP contribution in [0.15, 0.2) is 66.0 Å². The number of alkyl halides is 5. The molecule has 0 radical (unpaired) electrons. The van der Waals surface area contributed by atoms with Gasteiger partial charge in [-0.2, -0.15) is 22.0 Å². The molecule has 3 aromatic heterocycles. The maximum Gasteiger partial charge on any atom is 0.397 e. The SMILES string of the molecule is CC(C)N1CCCN(CC(C)(C)C(=O)O)c2cccc(n2)SNc2cnc(-n3ccc(OCC(C)(C)C(F)(F)F)n3)c(n2)-c2ccccc2C(F)(F)C1. The van der Waals surface area contributed by atoms with Crippen LogP contribution in [0.4, 0.5) is 33.6 Å². The topological polar surface area (TPSA) is 122 Å². The molecule has 2 N–H and O–H groups in total. The molecule has 0 fully saturated rings. The molecule has 1 aliphatic heterocycles. The number of aromatic nitrogens is 5. The second-order valence-electron chi connectivity index (χ2n) is 14.5. The number of hydrogen-bond donors (Lipinski definition) is 2. The summed E-state index contributed by atoms with van der Waals surface area (Å²) in [5, 5.41) is 14.7. The average Bonchev–Trinajstić information content (AvgIpc) is 3.57. The lowest BCUT2D eigenvalue weighted by Crippen LogP contribution is -2.43. The zero-order valence-electron chi connectivity index (χ0n) is 30.3. The minimum absolute atomic E-state index is 0.0420. The number of nitrogens with zero attached hydrogens (tertiary/aromatic N) is 7. The minimum atomic E-state index is -4.51. The molecule has 1 aromatic carbocycles. The minimum Gasteiger partial charge on any atom is -0.481 e. The summed E-state index contributed by atoms with van der Waals surface area (Å²) in [4.78, 5) is 29.6. The number of fused-ring (bicyclic) bond motifs is 6. The highest BCUT2D eigenvalue weighted by molar-refractivity contribution is 8.00. The van der Waals surface area contributed by atoms with Crippen molar-refractivity contribution in [2.45, 2.75) is 71.1 Å². The van der Waals surface area contributed by atoms with Gasteiger partial charge in [0, 0.05) is 61.0 Å². The summed E-state index contributed by atoms with van der Waals surface area (Å²) >= 11 is 1.10. The summed E-state index contributed by atoms with van der Waals surface area (Å²) in [6, 6.07) is 12.4. The number of anilines is 2. The van der Waals surface area contributed by atoms with E-state index in [1.165, 1.54) is 41.3 Å². The number of hydrogen-bond acceptors (Lipinski definition) is 10. The summed E-state index contributed by atoms with van der Waals surface area (Å²) in [5.74, 6) is -3.70. The summed E-state index contributed by atoms with van der Waals surface area (Å²) < 4.78 is 83.3. The van der Waals surface area contributed by atoms with Gasteiger partial charge in [-0.1, -0.05) is 30.3 Å². The number of aliphatic carboxylic acids is 1. The van der Waals surface area contributed by atoms with E-state index in [0.717, 1.165) is 25.8 Å². The summed E-state index contributed by atoms with van der Waals surface area (Å²) in [6.45, 7) is 8.44. The smallest absolute Gasteiger partial charge is 0.397 e. The van der Waals surface area contributed by atoms with Crippen LogP contribution in [0.25, 0.3) is 17.1 Å². The van der Waals surface area contributed by atoms with Gasteiger partial charge in [0.2, 0.25) is 5.88 Å². The van der Waals surface area contributed by atoms with E-state index < -0.39 is 42.0 Å². The fraction of sp³-hybridized carbons (Fsp3) is 0.472. The lowest BCUT2D eigenvalue weighted by Gasteiger charge is -2.34. The van der Waals surface area contributed by atoms with Crippen LogP contribution in [0, 0.1) is 10.8 Å². The third-order valence-electron chi connectivity index (χ3n) is 8.92. The van der Waals surface area contributed by atoms with Crippen molar-refractivity contribution < 1.29 is 36.6 Å². The van der Waals surface area contributed by atoms with E-state index in [1.54, 1.807) is 43.0 Å². The summed E-state index contributed by atoms with van der Waals surface area (Å²) in [7, 11) is 0. The molecular formula is C36H43F5N8O3S. The molecule has 0 saturated heterocycles. The first-order valence-corrected chi connectivity index (χ1v) is 17.8. The quantitative estimate of drug-likeness (QED) is 0.135. The third kappa shape index (κ3) is 9.36. The van der Waals surface area contributed by atoms with Gasteiger partial charge in [0.1, 0.15) is 23.1 Å². The highest BCUT2D eigenvalue weighted by Gasteiger charge is 2.48. The largest absolute Gasteiger partial charge is 0.481 e. The van der Waals surface area contributed by atoms with Crippen LogP contribution in [0.5, 0.6) is 5.88 Å². The second kappa shape index (κ2) is 15.5. The van der Waals surface area contributed by atoms with Gasteiger partial charge in [-0.3, -0.25) is 9.69 Å². The predicted molar refractivity (Wildman–Crippen MR) is 192 cm³/mol. The fourth-order valence-electron chi connectivity index (χ4n) is 5.51. The van der Waals surface area contributed by atoms with E-state index in [0.29, 0.717) is 23.8 Å². The highest BCUT2D eigenvalue weighted by Crippen LogP contribution is 2.40. The Morgan fingerprint density at radius 3 is 2.47 bits per heavy atom. The molecule has 4 bridgehead atoms. The second-order valence-corrected chi connectivity index (χ2v) is 15.3. The van der Waals surface area contributed by atoms with Crippen molar-refractivity contribution >= 4 is 29.6 Å². The first-order valence-electron chi connectivity index (χ1n) is 17.0. The van der Waals surface area contributed by atoms with Crippen LogP contribution in [0.3, 0.4) is 0 Å². The predicted octanol–water partition coefficient (Wildman–Crippen LogP) is 7.93. The maximum atomic E-state index is 16.6. The Kier molecular flexibility index (Phi) is 11.6. The number of benzene rings is 1. The van der Waals surface area contributed by atoms with Crippen LogP contribution in [-0.2, 0) is 10.7 Å². The first-order chi connectivity index (χ1) is 24.8. The Balaban J connectivity index is 1.59. The Hall–Kier alpha value is -4.51. The fourth-order valence-corrected chi connectivity index (χ4v) is 6.11. The zero-order chi connectivity index (χ0) is 38.8. The Labute approximate surface area is 309 Å². The van der Waals surface area contributed by atoms with Gasteiger partial charge in [-0.15, -0.1) is 5.10 Å². The molecule has 0 spiro atoms. The lowest BCUT2D eigenvalue weighted by molar-refractivity contribution is -0.219. The van der Waals surface area contributed by atoms with E-state index in [9.17, 15) is 23.1 Å². The number of rotatable bonds is 8. The number of carboxylic acids is 1. The van der Waals surface area contributed by atoms with Gasteiger partial charge in [-0.05, 0) is 60.1 Å². The van der Waals surface area contributed by atoms with Gasteiger partial charge in [0.15, 0.2) is 11.6 Å². The summed E-state index contributed by atoms with van der Waals surface area (Å²) in [6.07, 6.45) is -1.28. The molecule has 0 unspecified atom stereocenters. The normalized spacial score (nSPS) is 16.1. The van der Waals surface area contributed by atoms with Gasteiger partial charge in [0.25, 0.3) is 5.92 Å². The Morgan fingerprint density at radius 1 is 1.04 bits per heavy atom. The van der Waals surface area contributed by atoms with Crippen molar-refractivity contribution in [1.82, 2.24) is 29.6 Å². The lowest BCUT2D eigenvalue weighted by atomic mass is 9.93. The van der Waals surface area contributed by atoms with Crippen LogP contribution >= 0.6 is 11.9 Å². The van der Waals surface area contributed by atoms with Crippen molar-refractivity contribution in [2.24, 2.45) is 10.8 Å². The van der Waals surface area contributed by atoms with Gasteiger partial charge < -0.3 is 19.5 Å². The highest BCUT2D eigenvalue weighted by atomic mass is 32.2.